The molecule has 2 N–H and O–H groups in total. The molecule has 4 heterocycles. The summed E-state index contributed by atoms with van der Waals surface area (Å²) in [5.74, 6) is 0.0675. The number of carbonyl (C=O) groups is 4. The van der Waals surface area contributed by atoms with Crippen LogP contribution in [0, 0.1) is 23.7 Å². The molecule has 0 spiro atoms. The third-order valence-corrected chi connectivity index (χ3v) is 12.4. The van der Waals surface area contributed by atoms with Crippen molar-refractivity contribution in [2.75, 3.05) is 14.2 Å². The Hall–Kier alpha value is -6.44. The third-order valence-electron chi connectivity index (χ3n) is 12.4. The predicted octanol–water partition coefficient (Wildman–Crippen LogP) is 9.61. The van der Waals surface area contributed by atoms with Crippen molar-refractivity contribution in [2.45, 2.75) is 91.4 Å². The van der Waals surface area contributed by atoms with Gasteiger partial charge in [-0.05, 0) is 91.0 Å². The fraction of sp³-hybridized carbons (Fsp3) is 0.417. The first-order chi connectivity index (χ1) is 29.8. The van der Waals surface area contributed by atoms with E-state index >= 15 is 0 Å². The Morgan fingerprint density at radius 3 is 1.47 bits per heavy atom. The highest BCUT2D eigenvalue weighted by Crippen LogP contribution is 2.39. The van der Waals surface area contributed by atoms with Gasteiger partial charge in [-0.2, -0.15) is 9.98 Å². The zero-order chi connectivity index (χ0) is 44.2. The maximum absolute atomic E-state index is 13.9. The molecule has 6 atom stereocenters. The number of amides is 4. The number of nitrogens with one attached hydrogen (secondary N) is 2. The van der Waals surface area contributed by atoms with Crippen LogP contribution in [0.4, 0.5) is 9.59 Å². The largest absolute Gasteiger partial charge is 0.451 e. The summed E-state index contributed by atoms with van der Waals surface area (Å²) in [4.78, 5) is 79.1. The van der Waals surface area contributed by atoms with Gasteiger partial charge in [0.1, 0.15) is 11.6 Å². The Kier molecular flexibility index (Phi) is 13.1. The Bertz CT molecular complexity index is 2490. The number of rotatable bonds is 11. The van der Waals surface area contributed by atoms with Gasteiger partial charge in [0.2, 0.25) is 11.8 Å². The second kappa shape index (κ2) is 18.7. The number of imidazole rings is 2. The number of likely N-dealkylation sites (tertiary alicyclic amines) is 2. The standard InChI is InChI=1S/C48H56N8O6/c1-27(2)37(23-51-47(59)61-7)45(57)55-29(5)9-19-41(55)43-49-25-39(53-43)32-13-11-31(12-14-32)33-15-16-35-22-36(18-17-34(35)21-33)40-26-50-44(54-40)42-20-10-30(6)56(42)46(58)38(28(3)4)24-52-48(60)62-8/h11-18,21-30,37-38,41-42H,9-10,19-20H2,1-8H3,(H,49,53)(H,50,54)/b51-23+,52-24-/t29-,30-,37?,38?,41+,42+/m1/s1. The molecule has 0 saturated carbocycles. The molecular formula is C48H56N8O6. The van der Waals surface area contributed by atoms with Crippen molar-refractivity contribution < 1.29 is 28.7 Å². The molecule has 0 bridgehead atoms. The fourth-order valence-electron chi connectivity index (χ4n) is 8.76. The summed E-state index contributed by atoms with van der Waals surface area (Å²) in [7, 11) is 2.53. The Morgan fingerprint density at radius 2 is 1.02 bits per heavy atom. The van der Waals surface area contributed by atoms with Crippen LogP contribution in [0.5, 0.6) is 0 Å². The summed E-state index contributed by atoms with van der Waals surface area (Å²) < 4.78 is 9.31. The molecule has 5 aromatic rings. The summed E-state index contributed by atoms with van der Waals surface area (Å²) in [5.41, 5.74) is 5.88. The van der Waals surface area contributed by atoms with Crippen LogP contribution in [0.1, 0.15) is 91.0 Å². The number of aliphatic imine (C=N–C) groups is 2. The summed E-state index contributed by atoms with van der Waals surface area (Å²) in [6, 6.07) is 20.7. The Morgan fingerprint density at radius 1 is 0.613 bits per heavy atom. The van der Waals surface area contributed by atoms with E-state index in [1.54, 1.807) is 0 Å². The van der Waals surface area contributed by atoms with Gasteiger partial charge in [0.25, 0.3) is 0 Å². The molecule has 324 valence electrons. The number of H-pyrrole nitrogens is 2. The van der Waals surface area contributed by atoms with Crippen molar-refractivity contribution in [1.82, 2.24) is 29.7 Å². The minimum absolute atomic E-state index is 0.0146. The van der Waals surface area contributed by atoms with Crippen LogP contribution >= 0.6 is 0 Å². The van der Waals surface area contributed by atoms with E-state index in [-0.39, 0.29) is 47.8 Å². The van der Waals surface area contributed by atoms with Crippen LogP contribution in [-0.2, 0) is 19.1 Å². The van der Waals surface area contributed by atoms with Gasteiger partial charge in [0.15, 0.2) is 0 Å². The van der Waals surface area contributed by atoms with Crippen LogP contribution in [0.2, 0.25) is 0 Å². The van der Waals surface area contributed by atoms with Gasteiger partial charge in [0.05, 0.1) is 61.9 Å². The lowest BCUT2D eigenvalue weighted by molar-refractivity contribution is -0.138. The first-order valence-corrected chi connectivity index (χ1v) is 21.4. The number of methoxy groups -OCH3 is 2. The molecule has 14 heteroatoms. The van der Waals surface area contributed by atoms with E-state index in [1.165, 1.54) is 26.6 Å². The Labute approximate surface area is 362 Å². The topological polar surface area (TPSA) is 175 Å². The molecule has 0 radical (unpaired) electrons. The lowest BCUT2D eigenvalue weighted by Gasteiger charge is -2.31. The zero-order valence-corrected chi connectivity index (χ0v) is 36.7. The summed E-state index contributed by atoms with van der Waals surface area (Å²) >= 11 is 0. The number of nitrogens with zero attached hydrogens (tertiary/aromatic N) is 6. The monoisotopic (exact) mass is 840 g/mol. The highest BCUT2D eigenvalue weighted by Gasteiger charge is 2.41. The molecule has 2 unspecified atom stereocenters. The highest BCUT2D eigenvalue weighted by atomic mass is 16.5. The van der Waals surface area contributed by atoms with Crippen molar-refractivity contribution in [3.8, 4) is 33.6 Å². The van der Waals surface area contributed by atoms with Crippen LogP contribution in [0.3, 0.4) is 0 Å². The number of carbonyl (C=O) groups excluding carboxylic acids is 4. The predicted molar refractivity (Wildman–Crippen MR) is 240 cm³/mol. The summed E-state index contributed by atoms with van der Waals surface area (Å²) in [6.07, 6.45) is 8.27. The lowest BCUT2D eigenvalue weighted by Crippen LogP contribution is -2.42. The van der Waals surface area contributed by atoms with Gasteiger partial charge in [-0.1, -0.05) is 76.2 Å². The molecular weight excluding hydrogens is 785 g/mol. The molecule has 3 aromatic carbocycles. The second-order valence-corrected chi connectivity index (χ2v) is 17.1. The van der Waals surface area contributed by atoms with Crippen molar-refractivity contribution in [2.24, 2.45) is 33.7 Å². The molecule has 2 fully saturated rings. The molecule has 2 saturated heterocycles. The molecule has 7 rings (SSSR count). The minimum Gasteiger partial charge on any atom is -0.451 e. The van der Waals surface area contributed by atoms with E-state index in [0.29, 0.717) is 0 Å². The van der Waals surface area contributed by atoms with Gasteiger partial charge in [-0.25, -0.2) is 19.6 Å². The molecule has 0 aliphatic carbocycles. The van der Waals surface area contributed by atoms with Crippen LogP contribution < -0.4 is 0 Å². The quantitative estimate of drug-likeness (QED) is 0.124. The number of hydrogen-bond acceptors (Lipinski definition) is 8. The fourth-order valence-corrected chi connectivity index (χ4v) is 8.76. The van der Waals surface area contributed by atoms with Gasteiger partial charge >= 0.3 is 12.2 Å². The molecule has 62 heavy (non-hydrogen) atoms. The van der Waals surface area contributed by atoms with Gasteiger partial charge in [-0.3, -0.25) is 9.59 Å². The maximum Gasteiger partial charge on any atom is 0.432 e. The molecule has 2 aromatic heterocycles. The lowest BCUT2D eigenvalue weighted by atomic mass is 9.95. The van der Waals surface area contributed by atoms with E-state index in [0.717, 1.165) is 81.7 Å². The molecule has 2 aliphatic rings. The SMILES string of the molecule is COC(=O)/N=C\C(C(=O)N1[C@H](C)CC[C@H]1c1ncc(-c2ccc3cc(-c4ccc(-c5cnc([C@@H]6CC[C@@H](C)N6C(=O)C(/C=N/C(=O)OC)C(C)C)[nH]5)cc4)ccc3c2)[nH]1)C(C)C. The first kappa shape index (κ1) is 43.6. The molecule has 2 aliphatic heterocycles. The summed E-state index contributed by atoms with van der Waals surface area (Å²) in [5, 5.41) is 2.19. The number of hydrogen-bond donors (Lipinski definition) is 2. The average molecular weight is 841 g/mol. The van der Waals surface area contributed by atoms with Crippen LogP contribution in [-0.4, -0.2) is 92.5 Å². The van der Waals surface area contributed by atoms with E-state index < -0.39 is 24.0 Å². The van der Waals surface area contributed by atoms with Crippen LogP contribution in [0.15, 0.2) is 83.0 Å². The number of benzene rings is 3. The number of aromatic amines is 2. The van der Waals surface area contributed by atoms with Crippen molar-refractivity contribution >= 4 is 47.2 Å². The average Bonchev–Trinajstić information content (AvgIpc) is 4.10. The van der Waals surface area contributed by atoms with Crippen LogP contribution in [0.25, 0.3) is 44.4 Å². The number of ether oxygens (including phenoxy) is 2. The number of aromatic nitrogens is 4. The van der Waals surface area contributed by atoms with E-state index in [2.05, 4.69) is 90.1 Å². The van der Waals surface area contributed by atoms with E-state index in [9.17, 15) is 19.2 Å². The first-order valence-electron chi connectivity index (χ1n) is 21.4. The maximum atomic E-state index is 13.9. The molecule has 4 amide bonds. The van der Waals surface area contributed by atoms with Gasteiger partial charge in [0, 0.05) is 30.1 Å². The molecule has 14 nitrogen and oxygen atoms in total. The smallest absolute Gasteiger partial charge is 0.432 e. The van der Waals surface area contributed by atoms with E-state index in [4.69, 9.17) is 9.97 Å². The zero-order valence-electron chi connectivity index (χ0n) is 36.7. The van der Waals surface area contributed by atoms with Gasteiger partial charge in [-0.15, -0.1) is 0 Å². The normalized spacial score (nSPS) is 20.2. The third kappa shape index (κ3) is 9.09. The Balaban J connectivity index is 1.04. The van der Waals surface area contributed by atoms with E-state index in [1.807, 2.05) is 63.7 Å². The van der Waals surface area contributed by atoms with Crippen molar-refractivity contribution in [1.29, 1.82) is 0 Å². The van der Waals surface area contributed by atoms with Crippen molar-refractivity contribution in [3.63, 3.8) is 0 Å². The highest BCUT2D eigenvalue weighted by molar-refractivity contribution is 5.98. The van der Waals surface area contributed by atoms with Gasteiger partial charge < -0.3 is 29.2 Å². The second-order valence-electron chi connectivity index (χ2n) is 17.1. The number of fused-ring (bicyclic) bond motifs is 1. The minimum atomic E-state index is -0.727. The van der Waals surface area contributed by atoms with Crippen molar-refractivity contribution in [3.05, 3.63) is 84.7 Å². The summed E-state index contributed by atoms with van der Waals surface area (Å²) in [6.45, 7) is 11.9.